The van der Waals surface area contributed by atoms with Gasteiger partial charge in [0, 0.05) is 17.5 Å². The standard InChI is InChI=1S/C17H18F3N3OS.ClH/c18-17(19,20)12-5-3-4-11(8-12)9-13-10-22-15(25-13)23-14(24)16(21)6-1-2-7-16;/h3-5,8,10H,1-2,6-7,9,21H2,(H,22,23,24);1H. The third-order valence-electron chi connectivity index (χ3n) is 4.35. The van der Waals surface area contributed by atoms with Crippen LogP contribution in [0.4, 0.5) is 18.3 Å². The molecule has 1 amide bonds. The van der Waals surface area contributed by atoms with Crippen molar-refractivity contribution < 1.29 is 18.0 Å². The van der Waals surface area contributed by atoms with E-state index < -0.39 is 17.3 Å². The quantitative estimate of drug-likeness (QED) is 0.792. The van der Waals surface area contributed by atoms with Gasteiger partial charge in [0.25, 0.3) is 0 Å². The lowest BCUT2D eigenvalue weighted by atomic mass is 9.98. The minimum absolute atomic E-state index is 0. The summed E-state index contributed by atoms with van der Waals surface area (Å²) in [5.74, 6) is -0.245. The zero-order valence-electron chi connectivity index (χ0n) is 13.8. The lowest BCUT2D eigenvalue weighted by Crippen LogP contribution is -2.48. The van der Waals surface area contributed by atoms with Crippen molar-refractivity contribution in [1.29, 1.82) is 0 Å². The zero-order chi connectivity index (χ0) is 18.1. The molecule has 0 saturated heterocycles. The van der Waals surface area contributed by atoms with Gasteiger partial charge in [-0.25, -0.2) is 4.98 Å². The van der Waals surface area contributed by atoms with Crippen molar-refractivity contribution in [3.8, 4) is 0 Å². The molecule has 1 heterocycles. The fourth-order valence-corrected chi connectivity index (χ4v) is 3.80. The van der Waals surface area contributed by atoms with Gasteiger partial charge in [0.2, 0.25) is 5.91 Å². The molecule has 0 bridgehead atoms. The van der Waals surface area contributed by atoms with Crippen LogP contribution in [0, 0.1) is 0 Å². The summed E-state index contributed by atoms with van der Waals surface area (Å²) in [5, 5.41) is 3.15. The van der Waals surface area contributed by atoms with Crippen LogP contribution in [-0.4, -0.2) is 16.4 Å². The third-order valence-corrected chi connectivity index (χ3v) is 5.27. The van der Waals surface area contributed by atoms with Crippen molar-refractivity contribution in [3.05, 3.63) is 46.5 Å². The van der Waals surface area contributed by atoms with Gasteiger partial charge < -0.3 is 11.1 Å². The van der Waals surface area contributed by atoms with E-state index in [4.69, 9.17) is 5.73 Å². The van der Waals surface area contributed by atoms with Crippen LogP contribution < -0.4 is 11.1 Å². The number of benzene rings is 1. The zero-order valence-corrected chi connectivity index (χ0v) is 15.4. The van der Waals surface area contributed by atoms with Gasteiger partial charge in [0.05, 0.1) is 11.1 Å². The molecule has 9 heteroatoms. The van der Waals surface area contributed by atoms with Crippen LogP contribution in [0.1, 0.15) is 41.7 Å². The number of hydrogen-bond donors (Lipinski definition) is 2. The van der Waals surface area contributed by atoms with Crippen LogP contribution in [0.3, 0.4) is 0 Å². The van der Waals surface area contributed by atoms with Crippen LogP contribution in [0.15, 0.2) is 30.5 Å². The van der Waals surface area contributed by atoms with Crippen LogP contribution >= 0.6 is 23.7 Å². The number of amides is 1. The Morgan fingerprint density at radius 1 is 1.31 bits per heavy atom. The molecule has 0 radical (unpaired) electrons. The summed E-state index contributed by atoms with van der Waals surface area (Å²) < 4.78 is 38.3. The highest BCUT2D eigenvalue weighted by Crippen LogP contribution is 2.31. The van der Waals surface area contributed by atoms with Crippen molar-refractivity contribution in [3.63, 3.8) is 0 Å². The third kappa shape index (κ3) is 4.75. The van der Waals surface area contributed by atoms with E-state index >= 15 is 0 Å². The van der Waals surface area contributed by atoms with Gasteiger partial charge in [-0.2, -0.15) is 13.2 Å². The Kier molecular flexibility index (Phi) is 6.31. The van der Waals surface area contributed by atoms with E-state index in [1.54, 1.807) is 12.3 Å². The predicted octanol–water partition coefficient (Wildman–Crippen LogP) is 4.38. The molecule has 1 aliphatic rings. The summed E-state index contributed by atoms with van der Waals surface area (Å²) in [6, 6.07) is 5.20. The Hall–Kier alpha value is -1.64. The lowest BCUT2D eigenvalue weighted by molar-refractivity contribution is -0.137. The van der Waals surface area contributed by atoms with Crippen LogP contribution in [0.2, 0.25) is 0 Å². The fraction of sp³-hybridized carbons (Fsp3) is 0.412. The maximum absolute atomic E-state index is 12.8. The molecule has 3 N–H and O–H groups in total. The van der Waals surface area contributed by atoms with E-state index in [2.05, 4.69) is 10.3 Å². The lowest BCUT2D eigenvalue weighted by Gasteiger charge is -2.21. The Bertz CT molecular complexity index is 773. The van der Waals surface area contributed by atoms with Gasteiger partial charge in [0.15, 0.2) is 5.13 Å². The highest BCUT2D eigenvalue weighted by molar-refractivity contribution is 7.15. The Morgan fingerprint density at radius 3 is 2.65 bits per heavy atom. The van der Waals surface area contributed by atoms with Crippen molar-refractivity contribution >= 4 is 34.8 Å². The summed E-state index contributed by atoms with van der Waals surface area (Å²) in [4.78, 5) is 17.2. The summed E-state index contributed by atoms with van der Waals surface area (Å²) in [6.45, 7) is 0. The van der Waals surface area contributed by atoms with E-state index in [9.17, 15) is 18.0 Å². The average Bonchev–Trinajstić information content (AvgIpc) is 3.17. The van der Waals surface area contributed by atoms with Crippen LogP contribution in [-0.2, 0) is 17.4 Å². The number of nitrogens with one attached hydrogen (secondary N) is 1. The maximum Gasteiger partial charge on any atom is 0.416 e. The molecule has 0 atom stereocenters. The number of aromatic nitrogens is 1. The largest absolute Gasteiger partial charge is 0.416 e. The molecule has 2 aromatic rings. The van der Waals surface area contributed by atoms with Crippen molar-refractivity contribution in [2.24, 2.45) is 5.73 Å². The van der Waals surface area contributed by atoms with Crippen molar-refractivity contribution in [2.75, 3.05) is 5.32 Å². The number of carbonyl (C=O) groups is 1. The summed E-state index contributed by atoms with van der Waals surface area (Å²) in [6.07, 6.45) is 0.705. The van der Waals surface area contributed by atoms with Crippen LogP contribution in [0.25, 0.3) is 0 Å². The first kappa shape index (κ1) is 20.7. The molecule has 1 fully saturated rings. The first-order valence-electron chi connectivity index (χ1n) is 7.97. The second-order valence-corrected chi connectivity index (χ2v) is 7.44. The summed E-state index contributed by atoms with van der Waals surface area (Å²) in [5.41, 5.74) is 5.13. The maximum atomic E-state index is 12.8. The number of rotatable bonds is 4. The highest BCUT2D eigenvalue weighted by Gasteiger charge is 2.37. The molecule has 0 spiro atoms. The summed E-state index contributed by atoms with van der Waals surface area (Å²) in [7, 11) is 0. The minimum Gasteiger partial charge on any atom is -0.317 e. The van der Waals surface area contributed by atoms with Gasteiger partial charge >= 0.3 is 6.18 Å². The number of hydrogen-bond acceptors (Lipinski definition) is 4. The number of halogens is 4. The predicted molar refractivity (Wildman–Crippen MR) is 97.6 cm³/mol. The van der Waals surface area contributed by atoms with Gasteiger partial charge in [-0.05, 0) is 24.5 Å². The Morgan fingerprint density at radius 2 is 2.00 bits per heavy atom. The minimum atomic E-state index is -4.36. The van der Waals surface area contributed by atoms with Gasteiger partial charge in [0.1, 0.15) is 0 Å². The van der Waals surface area contributed by atoms with Gasteiger partial charge in [-0.3, -0.25) is 4.79 Å². The van der Waals surface area contributed by atoms with E-state index in [-0.39, 0.29) is 18.3 Å². The molecule has 1 aromatic carbocycles. The van der Waals surface area contributed by atoms with Crippen molar-refractivity contribution in [2.45, 2.75) is 43.8 Å². The number of carbonyl (C=O) groups excluding carboxylic acids is 1. The van der Waals surface area contributed by atoms with Gasteiger partial charge in [-0.1, -0.05) is 31.0 Å². The van der Waals surface area contributed by atoms with E-state index in [1.165, 1.54) is 17.4 Å². The first-order valence-corrected chi connectivity index (χ1v) is 8.79. The smallest absolute Gasteiger partial charge is 0.317 e. The summed E-state index contributed by atoms with van der Waals surface area (Å²) >= 11 is 1.25. The monoisotopic (exact) mass is 405 g/mol. The second-order valence-electron chi connectivity index (χ2n) is 6.32. The molecule has 1 aliphatic carbocycles. The fourth-order valence-electron chi connectivity index (χ4n) is 2.96. The van der Waals surface area contributed by atoms with Gasteiger partial charge in [-0.15, -0.1) is 23.7 Å². The molecular formula is C17H19ClF3N3OS. The van der Waals surface area contributed by atoms with Crippen molar-refractivity contribution in [1.82, 2.24) is 4.98 Å². The number of thiazole rings is 1. The normalized spacial score (nSPS) is 16.2. The highest BCUT2D eigenvalue weighted by atomic mass is 35.5. The molecule has 0 unspecified atom stereocenters. The molecule has 26 heavy (non-hydrogen) atoms. The molecule has 142 valence electrons. The average molecular weight is 406 g/mol. The second kappa shape index (κ2) is 7.94. The topological polar surface area (TPSA) is 68.0 Å². The Balaban J connectivity index is 0.00000243. The molecule has 1 saturated carbocycles. The molecule has 3 rings (SSSR count). The van der Waals surface area contributed by atoms with E-state index in [1.807, 2.05) is 0 Å². The SMILES string of the molecule is Cl.NC1(C(=O)Nc2ncc(Cc3cccc(C(F)(F)F)c3)s2)CCCC1. The number of alkyl halides is 3. The van der Waals surface area contributed by atoms with E-state index in [0.717, 1.165) is 29.9 Å². The Labute approximate surface area is 159 Å². The van der Waals surface area contributed by atoms with E-state index in [0.29, 0.717) is 30.0 Å². The number of anilines is 1. The first-order chi connectivity index (χ1) is 11.8. The molecular weight excluding hydrogens is 387 g/mol. The molecule has 0 aliphatic heterocycles. The molecule has 4 nitrogen and oxygen atoms in total. The molecule has 1 aromatic heterocycles. The number of nitrogens with two attached hydrogens (primary N) is 1. The number of nitrogens with zero attached hydrogens (tertiary/aromatic N) is 1. The van der Waals surface area contributed by atoms with Crippen LogP contribution in [0.5, 0.6) is 0 Å².